The third-order valence-corrected chi connectivity index (χ3v) is 5.05. The number of rotatable bonds is 4. The highest BCUT2D eigenvalue weighted by atomic mass is 19.1. The number of halogens is 2. The molecule has 30 heavy (non-hydrogen) atoms. The maximum atomic E-state index is 14.1. The maximum absolute atomic E-state index is 14.1. The Labute approximate surface area is 172 Å². The average Bonchev–Trinajstić information content (AvgIpc) is 2.74. The van der Waals surface area contributed by atoms with Crippen molar-refractivity contribution in [2.24, 2.45) is 5.73 Å². The number of nitrogens with two attached hydrogens (primary N) is 1. The van der Waals surface area contributed by atoms with E-state index in [0.29, 0.717) is 12.2 Å². The molecule has 0 saturated carbocycles. The zero-order valence-electron chi connectivity index (χ0n) is 16.2. The number of amides is 1. The number of nitrogens with zero attached hydrogens (tertiary/aromatic N) is 3. The number of carbonyl (C=O) groups excluding carboxylic acids is 1. The number of aromatic nitrogens is 2. The first-order valence-corrected chi connectivity index (χ1v) is 9.70. The van der Waals surface area contributed by atoms with Gasteiger partial charge >= 0.3 is 0 Å². The van der Waals surface area contributed by atoms with E-state index in [-0.39, 0.29) is 23.0 Å². The number of benzene rings is 1. The molecule has 0 radical (unpaired) electrons. The first-order chi connectivity index (χ1) is 14.5. The van der Waals surface area contributed by atoms with E-state index in [2.05, 4.69) is 20.2 Å². The van der Waals surface area contributed by atoms with Gasteiger partial charge in [-0.05, 0) is 43.2 Å². The summed E-state index contributed by atoms with van der Waals surface area (Å²) in [6.45, 7) is 1.52. The van der Waals surface area contributed by atoms with Crippen LogP contribution in [-0.2, 0) is 0 Å². The van der Waals surface area contributed by atoms with Crippen molar-refractivity contribution in [3.63, 3.8) is 0 Å². The molecule has 3 aromatic rings. The van der Waals surface area contributed by atoms with Crippen molar-refractivity contribution in [2.45, 2.75) is 18.9 Å². The van der Waals surface area contributed by atoms with Crippen LogP contribution in [0.3, 0.4) is 0 Å². The smallest absolute Gasteiger partial charge is 0.274 e. The van der Waals surface area contributed by atoms with Gasteiger partial charge in [-0.2, -0.15) is 0 Å². The van der Waals surface area contributed by atoms with E-state index in [1.807, 2.05) is 6.07 Å². The van der Waals surface area contributed by atoms with Crippen LogP contribution in [0.5, 0.6) is 0 Å². The Hall–Kier alpha value is -3.39. The van der Waals surface area contributed by atoms with Gasteiger partial charge in [0, 0.05) is 25.3 Å². The van der Waals surface area contributed by atoms with Gasteiger partial charge in [-0.15, -0.1) is 0 Å². The summed E-state index contributed by atoms with van der Waals surface area (Å²) in [5.74, 6) is -1.98. The number of pyridine rings is 2. The van der Waals surface area contributed by atoms with E-state index in [1.165, 1.54) is 24.3 Å². The van der Waals surface area contributed by atoms with Gasteiger partial charge in [0.05, 0.1) is 28.8 Å². The molecule has 2 aromatic heterocycles. The van der Waals surface area contributed by atoms with Crippen LogP contribution in [0.2, 0.25) is 0 Å². The highest BCUT2D eigenvalue weighted by molar-refractivity contribution is 6.04. The van der Waals surface area contributed by atoms with Crippen molar-refractivity contribution in [3.8, 4) is 11.3 Å². The third-order valence-electron chi connectivity index (χ3n) is 5.05. The Morgan fingerprint density at radius 1 is 1.13 bits per heavy atom. The molecular weight excluding hydrogens is 388 g/mol. The SMILES string of the molecule is NC1CCCN(c2ccncc2NC(=O)c2cccc(-c3c(F)cccc3F)n2)C1. The molecule has 1 fully saturated rings. The lowest BCUT2D eigenvalue weighted by Gasteiger charge is -2.33. The maximum Gasteiger partial charge on any atom is 0.274 e. The summed E-state index contributed by atoms with van der Waals surface area (Å²) >= 11 is 0. The minimum Gasteiger partial charge on any atom is -0.368 e. The van der Waals surface area contributed by atoms with Crippen LogP contribution < -0.4 is 16.0 Å². The molecule has 6 nitrogen and oxygen atoms in total. The van der Waals surface area contributed by atoms with Crippen molar-refractivity contribution in [1.29, 1.82) is 0 Å². The van der Waals surface area contributed by atoms with Crippen LogP contribution in [0.4, 0.5) is 20.2 Å². The van der Waals surface area contributed by atoms with E-state index in [4.69, 9.17) is 5.73 Å². The predicted octanol–water partition coefficient (Wildman–Crippen LogP) is 3.60. The Balaban J connectivity index is 1.60. The van der Waals surface area contributed by atoms with Crippen molar-refractivity contribution in [1.82, 2.24) is 9.97 Å². The Bertz CT molecular complexity index is 1050. The van der Waals surface area contributed by atoms with Gasteiger partial charge in [-0.3, -0.25) is 9.78 Å². The minimum absolute atomic E-state index is 0.0419. The summed E-state index contributed by atoms with van der Waals surface area (Å²) in [4.78, 5) is 23.2. The standard InChI is InChI=1S/C22H21F2N5O/c23-15-5-1-6-16(24)21(15)17-7-2-8-18(27-17)22(30)28-19-12-26-10-9-20(19)29-11-3-4-14(25)13-29/h1-2,5-10,12,14H,3-4,11,13,25H2,(H,28,30). The molecule has 8 heteroatoms. The van der Waals surface area contributed by atoms with Crippen molar-refractivity contribution in [3.05, 3.63) is 72.2 Å². The summed E-state index contributed by atoms with van der Waals surface area (Å²) in [7, 11) is 0. The second kappa shape index (κ2) is 8.54. The van der Waals surface area contributed by atoms with Crippen LogP contribution >= 0.6 is 0 Å². The van der Waals surface area contributed by atoms with E-state index in [0.717, 1.165) is 37.2 Å². The van der Waals surface area contributed by atoms with Crippen molar-refractivity contribution < 1.29 is 13.6 Å². The van der Waals surface area contributed by atoms with Gasteiger partial charge in [0.25, 0.3) is 5.91 Å². The van der Waals surface area contributed by atoms with Crippen molar-refractivity contribution in [2.75, 3.05) is 23.3 Å². The molecule has 1 aromatic carbocycles. The Kier molecular flexibility index (Phi) is 5.67. The second-order valence-electron chi connectivity index (χ2n) is 7.20. The number of hydrogen-bond donors (Lipinski definition) is 2. The summed E-state index contributed by atoms with van der Waals surface area (Å²) in [5.41, 5.74) is 7.26. The number of piperidine rings is 1. The van der Waals surface area contributed by atoms with E-state index >= 15 is 0 Å². The minimum atomic E-state index is -0.740. The summed E-state index contributed by atoms with van der Waals surface area (Å²) in [6.07, 6.45) is 5.15. The normalized spacial score (nSPS) is 16.4. The lowest BCUT2D eigenvalue weighted by Crippen LogP contribution is -2.43. The average molecular weight is 409 g/mol. The molecule has 154 valence electrons. The van der Waals surface area contributed by atoms with Crippen molar-refractivity contribution >= 4 is 17.3 Å². The summed E-state index contributed by atoms with van der Waals surface area (Å²) in [5, 5.41) is 2.81. The highest BCUT2D eigenvalue weighted by Gasteiger charge is 2.21. The van der Waals surface area contributed by atoms with Crippen LogP contribution in [0.1, 0.15) is 23.3 Å². The molecule has 1 aliphatic heterocycles. The topological polar surface area (TPSA) is 84.1 Å². The van der Waals surface area contributed by atoms with E-state index in [1.54, 1.807) is 12.4 Å². The summed E-state index contributed by atoms with van der Waals surface area (Å²) < 4.78 is 28.2. The molecule has 1 unspecified atom stereocenters. The fourth-order valence-corrected chi connectivity index (χ4v) is 3.62. The summed E-state index contributed by atoms with van der Waals surface area (Å²) in [6, 6.07) is 9.97. The zero-order chi connectivity index (χ0) is 21.1. The fraction of sp³-hybridized carbons (Fsp3) is 0.227. The molecule has 1 saturated heterocycles. The van der Waals surface area contributed by atoms with Crippen LogP contribution in [0, 0.1) is 11.6 Å². The first-order valence-electron chi connectivity index (χ1n) is 9.70. The van der Waals surface area contributed by atoms with Gasteiger partial charge in [0.2, 0.25) is 0 Å². The molecule has 1 atom stereocenters. The molecule has 4 rings (SSSR count). The van der Waals surface area contributed by atoms with E-state index in [9.17, 15) is 13.6 Å². The lowest BCUT2D eigenvalue weighted by atomic mass is 10.1. The molecule has 1 aliphatic rings. The molecule has 1 amide bonds. The monoisotopic (exact) mass is 409 g/mol. The molecule has 3 heterocycles. The van der Waals surface area contributed by atoms with Gasteiger partial charge in [-0.1, -0.05) is 12.1 Å². The number of carbonyl (C=O) groups is 1. The molecule has 0 spiro atoms. The van der Waals surface area contributed by atoms with Gasteiger partial charge < -0.3 is 16.0 Å². The van der Waals surface area contributed by atoms with Gasteiger partial charge in [-0.25, -0.2) is 13.8 Å². The largest absolute Gasteiger partial charge is 0.368 e. The zero-order valence-corrected chi connectivity index (χ0v) is 16.2. The Morgan fingerprint density at radius 2 is 1.90 bits per heavy atom. The van der Waals surface area contributed by atoms with Gasteiger partial charge in [0.15, 0.2) is 0 Å². The van der Waals surface area contributed by atoms with Crippen LogP contribution in [0.25, 0.3) is 11.3 Å². The number of nitrogens with one attached hydrogen (secondary N) is 1. The number of hydrogen-bond acceptors (Lipinski definition) is 5. The van der Waals surface area contributed by atoms with Crippen LogP contribution in [0.15, 0.2) is 54.9 Å². The highest BCUT2D eigenvalue weighted by Crippen LogP contribution is 2.28. The molecule has 0 aliphatic carbocycles. The number of anilines is 2. The molecule has 3 N–H and O–H groups in total. The Morgan fingerprint density at radius 3 is 2.67 bits per heavy atom. The quantitative estimate of drug-likeness (QED) is 0.688. The third kappa shape index (κ3) is 4.13. The predicted molar refractivity (Wildman–Crippen MR) is 111 cm³/mol. The van der Waals surface area contributed by atoms with E-state index < -0.39 is 17.5 Å². The molecule has 0 bridgehead atoms. The lowest BCUT2D eigenvalue weighted by molar-refractivity contribution is 0.102. The second-order valence-corrected chi connectivity index (χ2v) is 7.20. The first kappa shape index (κ1) is 19.9. The van der Waals surface area contributed by atoms with Gasteiger partial charge in [0.1, 0.15) is 17.3 Å². The van der Waals surface area contributed by atoms with Crippen LogP contribution in [-0.4, -0.2) is 35.0 Å². The fourth-order valence-electron chi connectivity index (χ4n) is 3.62. The molecular formula is C22H21F2N5O.